The van der Waals surface area contributed by atoms with E-state index < -0.39 is 10.0 Å². The predicted molar refractivity (Wildman–Crippen MR) is 122 cm³/mol. The number of sulfonamides is 1. The molecule has 3 N–H and O–H groups in total. The molecule has 0 atom stereocenters. The van der Waals surface area contributed by atoms with Crippen molar-refractivity contribution < 1.29 is 8.42 Å². The standard InChI is InChI=1S/C21H21ClN6O2S/c1-21(2,3)13-4-7-15(8-5-13)31(29,30)26-16-9-6-14(22)12-18(16)28-17-10-11-19(23)24-20(17)25-27-28/h4-12,26H,1-3H3,(H2,23,24). The number of hydrogen-bond donors (Lipinski definition) is 2. The zero-order valence-electron chi connectivity index (χ0n) is 17.2. The molecule has 31 heavy (non-hydrogen) atoms. The number of rotatable bonds is 4. The third kappa shape index (κ3) is 4.19. The van der Waals surface area contributed by atoms with Gasteiger partial charge in [0, 0.05) is 5.02 Å². The van der Waals surface area contributed by atoms with E-state index >= 15 is 0 Å². The van der Waals surface area contributed by atoms with Gasteiger partial charge in [0.15, 0.2) is 0 Å². The van der Waals surface area contributed by atoms with Crippen molar-refractivity contribution >= 4 is 44.3 Å². The molecule has 0 aliphatic heterocycles. The van der Waals surface area contributed by atoms with Gasteiger partial charge >= 0.3 is 0 Å². The first-order chi connectivity index (χ1) is 14.5. The third-order valence-electron chi connectivity index (χ3n) is 4.80. The van der Waals surface area contributed by atoms with Crippen LogP contribution < -0.4 is 10.5 Å². The zero-order chi connectivity index (χ0) is 22.4. The van der Waals surface area contributed by atoms with Gasteiger partial charge in [0.05, 0.1) is 16.3 Å². The highest BCUT2D eigenvalue weighted by atomic mass is 35.5. The number of benzene rings is 2. The van der Waals surface area contributed by atoms with Crippen LogP contribution in [0.25, 0.3) is 16.9 Å². The van der Waals surface area contributed by atoms with Crippen molar-refractivity contribution in [3.8, 4) is 5.69 Å². The van der Waals surface area contributed by atoms with Gasteiger partial charge in [0.25, 0.3) is 10.0 Å². The van der Waals surface area contributed by atoms with Gasteiger partial charge in [-0.25, -0.2) is 18.1 Å². The number of anilines is 2. The Hall–Kier alpha value is -3.17. The van der Waals surface area contributed by atoms with Gasteiger partial charge < -0.3 is 5.73 Å². The second kappa shape index (κ2) is 7.51. The van der Waals surface area contributed by atoms with Crippen LogP contribution in [0.2, 0.25) is 5.02 Å². The molecule has 2 aromatic heterocycles. The van der Waals surface area contributed by atoms with Crippen LogP contribution in [-0.2, 0) is 15.4 Å². The maximum atomic E-state index is 13.1. The van der Waals surface area contributed by atoms with Crippen molar-refractivity contribution in [2.75, 3.05) is 10.5 Å². The first-order valence-corrected chi connectivity index (χ1v) is 11.3. The number of fused-ring (bicyclic) bond motifs is 1. The molecule has 0 aliphatic rings. The van der Waals surface area contributed by atoms with E-state index in [4.69, 9.17) is 17.3 Å². The van der Waals surface area contributed by atoms with Gasteiger partial charge in [-0.2, -0.15) is 0 Å². The second-order valence-electron chi connectivity index (χ2n) is 8.12. The summed E-state index contributed by atoms with van der Waals surface area (Å²) < 4.78 is 30.2. The van der Waals surface area contributed by atoms with Crippen LogP contribution in [0.1, 0.15) is 26.3 Å². The van der Waals surface area contributed by atoms with Crippen molar-refractivity contribution in [2.24, 2.45) is 0 Å². The summed E-state index contributed by atoms with van der Waals surface area (Å²) in [6.45, 7) is 6.21. The lowest BCUT2D eigenvalue weighted by atomic mass is 9.87. The van der Waals surface area contributed by atoms with Crippen LogP contribution in [0.4, 0.5) is 11.5 Å². The van der Waals surface area contributed by atoms with E-state index in [1.807, 2.05) is 12.1 Å². The second-order valence-corrected chi connectivity index (χ2v) is 10.2. The molecule has 2 aromatic carbocycles. The molecule has 0 spiro atoms. The molecule has 160 valence electrons. The fourth-order valence-electron chi connectivity index (χ4n) is 3.11. The zero-order valence-corrected chi connectivity index (χ0v) is 18.7. The molecule has 0 amide bonds. The highest BCUT2D eigenvalue weighted by molar-refractivity contribution is 7.92. The molecule has 0 saturated carbocycles. The minimum Gasteiger partial charge on any atom is -0.384 e. The Morgan fingerprint density at radius 1 is 1.03 bits per heavy atom. The molecule has 0 unspecified atom stereocenters. The first-order valence-electron chi connectivity index (χ1n) is 9.46. The van der Waals surface area contributed by atoms with Crippen molar-refractivity contribution in [3.63, 3.8) is 0 Å². The van der Waals surface area contributed by atoms with Crippen LogP contribution in [-0.4, -0.2) is 28.4 Å². The Labute approximate surface area is 185 Å². The normalized spacial score (nSPS) is 12.3. The summed E-state index contributed by atoms with van der Waals surface area (Å²) in [6.07, 6.45) is 0. The average molecular weight is 457 g/mol. The van der Waals surface area contributed by atoms with Gasteiger partial charge in [0.1, 0.15) is 11.3 Å². The molecule has 0 fully saturated rings. The summed E-state index contributed by atoms with van der Waals surface area (Å²) in [4.78, 5) is 4.29. The summed E-state index contributed by atoms with van der Waals surface area (Å²) in [7, 11) is -3.85. The third-order valence-corrected chi connectivity index (χ3v) is 6.41. The Kier molecular flexibility index (Phi) is 5.10. The van der Waals surface area contributed by atoms with Crippen LogP contribution in [0, 0.1) is 0 Å². The van der Waals surface area contributed by atoms with Gasteiger partial charge in [-0.3, -0.25) is 4.72 Å². The maximum absolute atomic E-state index is 13.1. The highest BCUT2D eigenvalue weighted by Gasteiger charge is 2.20. The minimum atomic E-state index is -3.85. The number of pyridine rings is 1. The summed E-state index contributed by atoms with van der Waals surface area (Å²) in [5.74, 6) is 0.310. The lowest BCUT2D eigenvalue weighted by Gasteiger charge is -2.19. The summed E-state index contributed by atoms with van der Waals surface area (Å²) >= 11 is 6.18. The molecule has 0 bridgehead atoms. The van der Waals surface area contributed by atoms with E-state index in [9.17, 15) is 8.42 Å². The molecule has 0 radical (unpaired) electrons. The largest absolute Gasteiger partial charge is 0.384 e. The lowest BCUT2D eigenvalue weighted by Crippen LogP contribution is -2.16. The Morgan fingerprint density at radius 2 is 1.74 bits per heavy atom. The Balaban J connectivity index is 1.75. The van der Waals surface area contributed by atoms with Crippen LogP contribution in [0.3, 0.4) is 0 Å². The van der Waals surface area contributed by atoms with E-state index in [1.165, 1.54) is 4.68 Å². The molecule has 2 heterocycles. The summed E-state index contributed by atoms with van der Waals surface area (Å²) in [6, 6.07) is 14.9. The number of nitrogens with one attached hydrogen (secondary N) is 1. The number of aromatic nitrogens is 4. The molecule has 0 saturated heterocycles. The predicted octanol–water partition coefficient (Wildman–Crippen LogP) is 4.15. The number of hydrogen-bond acceptors (Lipinski definition) is 6. The average Bonchev–Trinajstić information content (AvgIpc) is 3.11. The molecular formula is C21H21ClN6O2S. The number of nitrogen functional groups attached to an aromatic ring is 1. The van der Waals surface area contributed by atoms with Crippen molar-refractivity contribution in [3.05, 3.63) is 65.2 Å². The molecule has 10 heteroatoms. The summed E-state index contributed by atoms with van der Waals surface area (Å²) in [5.41, 5.74) is 8.29. The quantitative estimate of drug-likeness (QED) is 0.476. The Morgan fingerprint density at radius 3 is 2.42 bits per heavy atom. The fourth-order valence-corrected chi connectivity index (χ4v) is 4.35. The first kappa shape index (κ1) is 21.1. The van der Waals surface area contributed by atoms with Gasteiger partial charge in [0.2, 0.25) is 5.65 Å². The summed E-state index contributed by atoms with van der Waals surface area (Å²) in [5, 5.41) is 8.54. The monoisotopic (exact) mass is 456 g/mol. The number of nitrogens with two attached hydrogens (primary N) is 1. The van der Waals surface area contributed by atoms with Crippen LogP contribution >= 0.6 is 11.6 Å². The lowest BCUT2D eigenvalue weighted by molar-refractivity contribution is 0.587. The van der Waals surface area contributed by atoms with E-state index in [2.05, 4.69) is 40.8 Å². The van der Waals surface area contributed by atoms with Crippen LogP contribution in [0.5, 0.6) is 0 Å². The van der Waals surface area contributed by atoms with E-state index in [-0.39, 0.29) is 10.3 Å². The van der Waals surface area contributed by atoms with Gasteiger partial charge in [-0.05, 0) is 53.4 Å². The fraction of sp³-hybridized carbons (Fsp3) is 0.190. The topological polar surface area (TPSA) is 116 Å². The number of halogens is 1. The van der Waals surface area contributed by atoms with Gasteiger partial charge in [-0.1, -0.05) is 49.7 Å². The van der Waals surface area contributed by atoms with E-state index in [0.717, 1.165) is 5.56 Å². The smallest absolute Gasteiger partial charge is 0.261 e. The highest BCUT2D eigenvalue weighted by Crippen LogP contribution is 2.29. The van der Waals surface area contributed by atoms with Crippen molar-refractivity contribution in [1.29, 1.82) is 0 Å². The number of nitrogens with zero attached hydrogens (tertiary/aromatic N) is 4. The molecule has 4 aromatic rings. The van der Waals surface area contributed by atoms with Gasteiger partial charge in [-0.15, -0.1) is 5.10 Å². The minimum absolute atomic E-state index is 0.0787. The van der Waals surface area contributed by atoms with E-state index in [1.54, 1.807) is 42.5 Å². The molecule has 8 nitrogen and oxygen atoms in total. The van der Waals surface area contributed by atoms with Crippen LogP contribution in [0.15, 0.2) is 59.5 Å². The van der Waals surface area contributed by atoms with Crippen molar-refractivity contribution in [1.82, 2.24) is 20.0 Å². The molecular weight excluding hydrogens is 436 g/mol. The molecule has 0 aliphatic carbocycles. The van der Waals surface area contributed by atoms with Crippen molar-refractivity contribution in [2.45, 2.75) is 31.1 Å². The Bertz CT molecular complexity index is 1380. The van der Waals surface area contributed by atoms with E-state index in [0.29, 0.717) is 33.4 Å². The maximum Gasteiger partial charge on any atom is 0.261 e. The molecule has 4 rings (SSSR count). The SMILES string of the molecule is CC(C)(C)c1ccc(S(=O)(=O)Nc2ccc(Cl)cc2-n2nnc3nc(N)ccc32)cc1.